The Morgan fingerprint density at radius 3 is 2.48 bits per heavy atom. The number of aliphatic carboxylic acids is 1. The van der Waals surface area contributed by atoms with Crippen LogP contribution in [0.25, 0.3) is 0 Å². The zero-order valence-electron chi connectivity index (χ0n) is 16.9. The van der Waals surface area contributed by atoms with E-state index in [1.54, 1.807) is 13.8 Å². The van der Waals surface area contributed by atoms with Gasteiger partial charge in [-0.2, -0.15) is 0 Å². The van der Waals surface area contributed by atoms with E-state index in [0.29, 0.717) is 12.3 Å². The molecule has 4 N–H and O–H groups in total. The van der Waals surface area contributed by atoms with E-state index in [4.69, 9.17) is 14.2 Å². The molecule has 0 aromatic carbocycles. The molecule has 0 aromatic heterocycles. The van der Waals surface area contributed by atoms with Crippen molar-refractivity contribution in [2.45, 2.75) is 46.3 Å². The number of hydrogen-bond acceptors (Lipinski definition) is 8. The first-order chi connectivity index (χ1) is 13.4. The van der Waals surface area contributed by atoms with Crippen molar-refractivity contribution in [3.8, 4) is 0 Å². The Morgan fingerprint density at radius 1 is 1.24 bits per heavy atom. The van der Waals surface area contributed by atoms with E-state index in [0.717, 1.165) is 11.8 Å². The summed E-state index contributed by atoms with van der Waals surface area (Å²) < 4.78 is 23.2. The summed E-state index contributed by atoms with van der Waals surface area (Å²) in [6.45, 7) is 6.36. The summed E-state index contributed by atoms with van der Waals surface area (Å²) in [4.78, 5) is 46.0. The van der Waals surface area contributed by atoms with E-state index >= 15 is 0 Å². The molecular weight excluding hydrogens is 425 g/mol. The minimum atomic E-state index is -3.99. The van der Waals surface area contributed by atoms with Crippen molar-refractivity contribution in [2.75, 3.05) is 25.4 Å². The average Bonchev–Trinajstić information content (AvgIpc) is 2.60. The van der Waals surface area contributed by atoms with Crippen LogP contribution < -0.4 is 15.7 Å². The Bertz CT molecular complexity index is 687. The van der Waals surface area contributed by atoms with Crippen molar-refractivity contribution >= 4 is 42.4 Å². The molecule has 1 saturated heterocycles. The number of rotatable bonds is 10. The second kappa shape index (κ2) is 11.1. The molecule has 0 aliphatic carbocycles. The van der Waals surface area contributed by atoms with Crippen molar-refractivity contribution in [1.82, 2.24) is 15.7 Å². The molecule has 166 valence electrons. The van der Waals surface area contributed by atoms with Crippen molar-refractivity contribution in [3.05, 3.63) is 0 Å². The lowest BCUT2D eigenvalue weighted by Gasteiger charge is -2.40. The van der Waals surface area contributed by atoms with Crippen LogP contribution in [-0.2, 0) is 32.8 Å². The normalized spacial score (nSPS) is 24.3. The Labute approximate surface area is 173 Å². The van der Waals surface area contributed by atoms with Crippen LogP contribution in [0, 0.1) is 5.41 Å². The highest BCUT2D eigenvalue weighted by molar-refractivity contribution is 8.13. The monoisotopic (exact) mass is 453 g/mol. The van der Waals surface area contributed by atoms with Crippen LogP contribution in [0.5, 0.6) is 0 Å². The predicted molar refractivity (Wildman–Crippen MR) is 106 cm³/mol. The highest BCUT2D eigenvalue weighted by Gasteiger charge is 2.48. The maximum absolute atomic E-state index is 12.6. The zero-order valence-corrected chi connectivity index (χ0v) is 18.6. The molecule has 0 radical (unpaired) electrons. The van der Waals surface area contributed by atoms with Crippen LogP contribution in [0.4, 0.5) is 0 Å². The van der Waals surface area contributed by atoms with Gasteiger partial charge in [-0.05, 0) is 6.92 Å². The molecule has 0 saturated carbocycles. The van der Waals surface area contributed by atoms with E-state index in [2.05, 4.69) is 15.7 Å². The standard InChI is InChI=1S/C16H28N3O8PS/c1-10(15(23)24)19-28(25)26-9-16(3,4)13(27-28)14(22)18-6-5-12(21)17-7-8-29-11(2)20/h10,13H,5-9H2,1-4H3,(H,17,21)(H,18,22)(H,19,25)(H,23,24)/t10?,13-,28-/m0/s1. The molecule has 0 bridgehead atoms. The van der Waals surface area contributed by atoms with Crippen LogP contribution in [0.2, 0.25) is 0 Å². The average molecular weight is 453 g/mol. The maximum atomic E-state index is 12.6. The molecule has 13 heteroatoms. The molecule has 1 unspecified atom stereocenters. The van der Waals surface area contributed by atoms with Crippen LogP contribution in [0.1, 0.15) is 34.1 Å². The second-order valence-electron chi connectivity index (χ2n) is 7.16. The minimum Gasteiger partial charge on any atom is -0.480 e. The molecule has 29 heavy (non-hydrogen) atoms. The molecule has 1 fully saturated rings. The summed E-state index contributed by atoms with van der Waals surface area (Å²) in [5.74, 6) is -1.65. The molecule has 1 aliphatic rings. The van der Waals surface area contributed by atoms with E-state index in [1.807, 2.05) is 0 Å². The van der Waals surface area contributed by atoms with Crippen molar-refractivity contribution in [2.24, 2.45) is 5.41 Å². The third kappa shape index (κ3) is 8.83. The SMILES string of the molecule is CC(=O)SCCNC(=O)CCNC(=O)[C@@H]1O[P@](=O)(NC(C)C(=O)O)OCC1(C)C. The Morgan fingerprint density at radius 2 is 1.90 bits per heavy atom. The van der Waals surface area contributed by atoms with E-state index in [9.17, 15) is 23.7 Å². The third-order valence-corrected chi connectivity index (χ3v) is 6.38. The molecular formula is C16H28N3O8PS. The lowest BCUT2D eigenvalue weighted by atomic mass is 9.87. The highest BCUT2D eigenvalue weighted by atomic mass is 32.2. The first kappa shape index (κ1) is 25.6. The fraction of sp³-hybridized carbons (Fsp3) is 0.750. The zero-order chi connectivity index (χ0) is 22.2. The van der Waals surface area contributed by atoms with Crippen molar-refractivity contribution < 1.29 is 37.9 Å². The van der Waals surface area contributed by atoms with Gasteiger partial charge in [0, 0.05) is 37.6 Å². The van der Waals surface area contributed by atoms with Crippen molar-refractivity contribution in [1.29, 1.82) is 0 Å². The Kier molecular flexibility index (Phi) is 9.77. The van der Waals surface area contributed by atoms with Gasteiger partial charge in [-0.3, -0.25) is 28.2 Å². The number of amides is 2. The van der Waals surface area contributed by atoms with Crippen LogP contribution >= 0.6 is 19.5 Å². The van der Waals surface area contributed by atoms with Gasteiger partial charge in [-0.25, -0.2) is 9.65 Å². The van der Waals surface area contributed by atoms with E-state index < -0.39 is 37.2 Å². The van der Waals surface area contributed by atoms with Crippen LogP contribution in [0.15, 0.2) is 0 Å². The Balaban J connectivity index is 2.53. The van der Waals surface area contributed by atoms with Gasteiger partial charge < -0.3 is 15.7 Å². The van der Waals surface area contributed by atoms with Gasteiger partial charge >= 0.3 is 13.7 Å². The van der Waals surface area contributed by atoms with Gasteiger partial charge in [0.2, 0.25) is 11.8 Å². The summed E-state index contributed by atoms with van der Waals surface area (Å²) in [7, 11) is -3.99. The van der Waals surface area contributed by atoms with Gasteiger partial charge in [0.15, 0.2) is 11.2 Å². The summed E-state index contributed by atoms with van der Waals surface area (Å²) >= 11 is 1.11. The number of carboxylic acids is 1. The fourth-order valence-corrected chi connectivity index (χ4v) is 4.70. The van der Waals surface area contributed by atoms with Gasteiger partial charge in [-0.1, -0.05) is 25.6 Å². The molecule has 11 nitrogen and oxygen atoms in total. The molecule has 2 amide bonds. The molecule has 3 atom stereocenters. The van der Waals surface area contributed by atoms with Gasteiger partial charge in [0.1, 0.15) is 6.04 Å². The molecule has 1 aliphatic heterocycles. The highest BCUT2D eigenvalue weighted by Crippen LogP contribution is 2.53. The Hall–Kier alpha value is -1.46. The summed E-state index contributed by atoms with van der Waals surface area (Å²) in [5, 5.41) is 16.4. The largest absolute Gasteiger partial charge is 0.480 e. The molecule has 1 rings (SSSR count). The number of hydrogen-bond donors (Lipinski definition) is 4. The number of carbonyl (C=O) groups is 4. The fourth-order valence-electron chi connectivity index (χ4n) is 2.27. The molecule has 1 heterocycles. The predicted octanol–water partition coefficient (Wildman–Crippen LogP) is 0.501. The van der Waals surface area contributed by atoms with Gasteiger partial charge in [0.05, 0.1) is 6.61 Å². The summed E-state index contributed by atoms with van der Waals surface area (Å²) in [6, 6.07) is -1.20. The number of thioether (sulfide) groups is 1. The first-order valence-electron chi connectivity index (χ1n) is 8.97. The second-order valence-corrected chi connectivity index (χ2v) is 10.2. The summed E-state index contributed by atoms with van der Waals surface area (Å²) in [6.07, 6.45) is -1.14. The van der Waals surface area contributed by atoms with Crippen molar-refractivity contribution in [3.63, 3.8) is 0 Å². The van der Waals surface area contributed by atoms with Crippen LogP contribution in [-0.4, -0.2) is 65.6 Å². The quantitative estimate of drug-likeness (QED) is 0.271. The first-order valence-corrected chi connectivity index (χ1v) is 11.5. The van der Waals surface area contributed by atoms with E-state index in [-0.39, 0.29) is 30.6 Å². The number of carbonyl (C=O) groups excluding carboxylic acids is 3. The maximum Gasteiger partial charge on any atom is 0.407 e. The number of carboxylic acid groups (broad SMARTS) is 1. The van der Waals surface area contributed by atoms with Gasteiger partial charge in [-0.15, -0.1) is 0 Å². The topological polar surface area (TPSA) is 160 Å². The lowest BCUT2D eigenvalue weighted by Crippen LogP contribution is -2.51. The number of nitrogens with one attached hydrogen (secondary N) is 3. The van der Waals surface area contributed by atoms with E-state index in [1.165, 1.54) is 13.8 Å². The smallest absolute Gasteiger partial charge is 0.407 e. The minimum absolute atomic E-state index is 0.0199. The van der Waals surface area contributed by atoms with Crippen LogP contribution in [0.3, 0.4) is 0 Å². The molecule has 0 spiro atoms. The van der Waals surface area contributed by atoms with Gasteiger partial charge in [0.25, 0.3) is 0 Å². The molecule has 0 aromatic rings. The third-order valence-electron chi connectivity index (χ3n) is 3.90. The lowest BCUT2D eigenvalue weighted by molar-refractivity contribution is -0.140. The summed E-state index contributed by atoms with van der Waals surface area (Å²) in [5.41, 5.74) is -0.821.